The summed E-state index contributed by atoms with van der Waals surface area (Å²) in [5.74, 6) is 2.21. The molecule has 2 rings (SSSR count). The highest BCUT2D eigenvalue weighted by Gasteiger charge is 2.19. The molecule has 1 amide bonds. The first kappa shape index (κ1) is 16.4. The van der Waals surface area contributed by atoms with Crippen molar-refractivity contribution in [2.24, 2.45) is 5.92 Å². The molecule has 0 bridgehead atoms. The van der Waals surface area contributed by atoms with Crippen LogP contribution in [-0.2, 0) is 11.2 Å². The minimum Gasteiger partial charge on any atom is -0.393 e. The molecule has 0 aromatic heterocycles. The average molecular weight is 307 g/mol. The van der Waals surface area contributed by atoms with Gasteiger partial charge in [-0.15, -0.1) is 0 Å². The van der Waals surface area contributed by atoms with Gasteiger partial charge in [-0.05, 0) is 49.3 Å². The number of benzene rings is 1. The summed E-state index contributed by atoms with van der Waals surface area (Å²) in [6.45, 7) is 0.769. The summed E-state index contributed by atoms with van der Waals surface area (Å²) in [4.78, 5) is 11.8. The molecule has 2 N–H and O–H groups in total. The fourth-order valence-corrected chi connectivity index (χ4v) is 3.47. The average Bonchev–Trinajstić information content (AvgIpc) is 2.52. The van der Waals surface area contributed by atoms with E-state index in [1.54, 1.807) is 11.8 Å². The number of hydrogen-bond donors (Lipinski definition) is 2. The van der Waals surface area contributed by atoms with Crippen LogP contribution < -0.4 is 5.32 Å². The second kappa shape index (κ2) is 9.11. The molecule has 0 atom stereocenters. The molecule has 1 aromatic carbocycles. The number of rotatable bonds is 7. The Morgan fingerprint density at radius 1 is 1.19 bits per heavy atom. The van der Waals surface area contributed by atoms with Gasteiger partial charge in [0.1, 0.15) is 0 Å². The number of aliphatic hydroxyl groups excluding tert-OH is 1. The van der Waals surface area contributed by atoms with E-state index >= 15 is 0 Å². The highest BCUT2D eigenvalue weighted by molar-refractivity contribution is 7.99. The van der Waals surface area contributed by atoms with E-state index < -0.39 is 0 Å². The molecule has 1 saturated carbocycles. The third-order valence-corrected chi connectivity index (χ3v) is 4.97. The minimum atomic E-state index is -0.120. The normalized spacial score (nSPS) is 22.0. The Morgan fingerprint density at radius 3 is 2.62 bits per heavy atom. The lowest BCUT2D eigenvalue weighted by molar-refractivity contribution is -0.118. The zero-order valence-electron chi connectivity index (χ0n) is 12.5. The molecule has 0 unspecified atom stereocenters. The van der Waals surface area contributed by atoms with Crippen LogP contribution in [0.1, 0.15) is 31.2 Å². The van der Waals surface area contributed by atoms with Crippen molar-refractivity contribution in [3.8, 4) is 0 Å². The van der Waals surface area contributed by atoms with Crippen molar-refractivity contribution >= 4 is 17.7 Å². The number of amides is 1. The number of carbonyl (C=O) groups is 1. The molecule has 0 saturated heterocycles. The van der Waals surface area contributed by atoms with Gasteiger partial charge < -0.3 is 10.4 Å². The van der Waals surface area contributed by atoms with Gasteiger partial charge in [-0.1, -0.05) is 30.3 Å². The Labute approximate surface area is 131 Å². The van der Waals surface area contributed by atoms with Crippen LogP contribution in [0.2, 0.25) is 0 Å². The predicted molar refractivity (Wildman–Crippen MR) is 88.4 cm³/mol. The summed E-state index contributed by atoms with van der Waals surface area (Å²) in [5.41, 5.74) is 1.33. The van der Waals surface area contributed by atoms with Crippen LogP contribution in [0.5, 0.6) is 0 Å². The van der Waals surface area contributed by atoms with E-state index in [-0.39, 0.29) is 12.0 Å². The first-order chi connectivity index (χ1) is 10.2. The quantitative estimate of drug-likeness (QED) is 0.761. The lowest BCUT2D eigenvalue weighted by atomic mass is 9.87. The molecule has 1 aliphatic carbocycles. The van der Waals surface area contributed by atoms with Crippen molar-refractivity contribution < 1.29 is 9.90 Å². The Hall–Kier alpha value is -1.00. The van der Waals surface area contributed by atoms with Crippen LogP contribution in [0.15, 0.2) is 30.3 Å². The van der Waals surface area contributed by atoms with Crippen LogP contribution in [0.4, 0.5) is 0 Å². The van der Waals surface area contributed by atoms with E-state index in [1.165, 1.54) is 5.56 Å². The van der Waals surface area contributed by atoms with E-state index in [4.69, 9.17) is 0 Å². The minimum absolute atomic E-state index is 0.120. The van der Waals surface area contributed by atoms with Gasteiger partial charge in [0, 0.05) is 6.54 Å². The Balaban J connectivity index is 1.51. The molecule has 0 spiro atoms. The maximum absolute atomic E-state index is 11.8. The number of carbonyl (C=O) groups excluding carboxylic acids is 1. The van der Waals surface area contributed by atoms with Gasteiger partial charge in [0.15, 0.2) is 0 Å². The van der Waals surface area contributed by atoms with Crippen LogP contribution >= 0.6 is 11.8 Å². The Morgan fingerprint density at radius 2 is 1.90 bits per heavy atom. The smallest absolute Gasteiger partial charge is 0.230 e. The van der Waals surface area contributed by atoms with Crippen LogP contribution in [0.25, 0.3) is 0 Å². The number of nitrogens with one attached hydrogen (secondary N) is 1. The van der Waals surface area contributed by atoms with Crippen LogP contribution in [0, 0.1) is 5.92 Å². The summed E-state index contributed by atoms with van der Waals surface area (Å²) < 4.78 is 0. The van der Waals surface area contributed by atoms with Gasteiger partial charge in [0.05, 0.1) is 11.9 Å². The second-order valence-corrected chi connectivity index (χ2v) is 6.87. The molecule has 0 heterocycles. The molecule has 1 aliphatic rings. The number of thioether (sulfide) groups is 1. The standard InChI is InChI=1S/C17H25NO2S/c19-16-8-6-15(7-9-16)12-18-17(20)13-21-11-10-14-4-2-1-3-5-14/h1-5,15-16,19H,6-13H2,(H,18,20). The van der Waals surface area contributed by atoms with Gasteiger partial charge in [-0.2, -0.15) is 11.8 Å². The summed E-state index contributed by atoms with van der Waals surface area (Å²) >= 11 is 1.69. The van der Waals surface area contributed by atoms with Gasteiger partial charge in [0.2, 0.25) is 5.91 Å². The Kier molecular flexibility index (Phi) is 7.10. The zero-order valence-corrected chi connectivity index (χ0v) is 13.3. The predicted octanol–water partition coefficient (Wildman–Crippen LogP) is 2.63. The monoisotopic (exact) mass is 307 g/mol. The van der Waals surface area contributed by atoms with Gasteiger partial charge in [-0.3, -0.25) is 4.79 Å². The molecule has 3 nitrogen and oxygen atoms in total. The topological polar surface area (TPSA) is 49.3 Å². The second-order valence-electron chi connectivity index (χ2n) is 5.77. The van der Waals surface area contributed by atoms with E-state index in [2.05, 4.69) is 17.4 Å². The van der Waals surface area contributed by atoms with Crippen LogP contribution in [-0.4, -0.2) is 35.2 Å². The van der Waals surface area contributed by atoms with Crippen molar-refractivity contribution in [1.82, 2.24) is 5.32 Å². The van der Waals surface area contributed by atoms with E-state index in [0.717, 1.165) is 44.4 Å². The largest absolute Gasteiger partial charge is 0.393 e. The summed E-state index contributed by atoms with van der Waals surface area (Å²) in [6.07, 6.45) is 4.72. The number of hydrogen-bond acceptors (Lipinski definition) is 3. The molecule has 4 heteroatoms. The third kappa shape index (κ3) is 6.53. The molecule has 1 fully saturated rings. The van der Waals surface area contributed by atoms with E-state index in [9.17, 15) is 9.90 Å². The number of aryl methyl sites for hydroxylation is 1. The first-order valence-corrected chi connectivity index (χ1v) is 8.96. The first-order valence-electron chi connectivity index (χ1n) is 7.80. The fourth-order valence-electron chi connectivity index (χ4n) is 2.66. The highest BCUT2D eigenvalue weighted by Crippen LogP contribution is 2.23. The zero-order chi connectivity index (χ0) is 14.9. The van der Waals surface area contributed by atoms with Crippen molar-refractivity contribution in [2.75, 3.05) is 18.1 Å². The lowest BCUT2D eigenvalue weighted by Crippen LogP contribution is -2.33. The van der Waals surface area contributed by atoms with Gasteiger partial charge in [0.25, 0.3) is 0 Å². The third-order valence-electron chi connectivity index (χ3n) is 4.02. The van der Waals surface area contributed by atoms with Crippen molar-refractivity contribution in [1.29, 1.82) is 0 Å². The molecular weight excluding hydrogens is 282 g/mol. The summed E-state index contributed by atoms with van der Waals surface area (Å²) in [6, 6.07) is 10.4. The highest BCUT2D eigenvalue weighted by atomic mass is 32.2. The van der Waals surface area contributed by atoms with Crippen molar-refractivity contribution in [3.63, 3.8) is 0 Å². The maximum atomic E-state index is 11.8. The van der Waals surface area contributed by atoms with Gasteiger partial charge in [-0.25, -0.2) is 0 Å². The molecule has 116 valence electrons. The van der Waals surface area contributed by atoms with Crippen molar-refractivity contribution in [2.45, 2.75) is 38.2 Å². The molecule has 1 aromatic rings. The molecule has 21 heavy (non-hydrogen) atoms. The Bertz CT molecular complexity index is 416. The summed E-state index contributed by atoms with van der Waals surface area (Å²) in [5, 5.41) is 12.5. The molecule has 0 radical (unpaired) electrons. The maximum Gasteiger partial charge on any atom is 0.230 e. The summed E-state index contributed by atoms with van der Waals surface area (Å²) in [7, 11) is 0. The van der Waals surface area contributed by atoms with Gasteiger partial charge >= 0.3 is 0 Å². The SMILES string of the molecule is O=C(CSCCc1ccccc1)NCC1CCC(O)CC1. The lowest BCUT2D eigenvalue weighted by Gasteiger charge is -2.25. The van der Waals surface area contributed by atoms with E-state index in [0.29, 0.717) is 11.7 Å². The molecule has 0 aliphatic heterocycles. The van der Waals surface area contributed by atoms with Crippen molar-refractivity contribution in [3.05, 3.63) is 35.9 Å². The fraction of sp³-hybridized carbons (Fsp3) is 0.588. The van der Waals surface area contributed by atoms with Crippen LogP contribution in [0.3, 0.4) is 0 Å². The van der Waals surface area contributed by atoms with E-state index in [1.807, 2.05) is 18.2 Å². The number of aliphatic hydroxyl groups is 1. The molecular formula is C17H25NO2S.